The van der Waals surface area contributed by atoms with Crippen molar-refractivity contribution in [1.82, 2.24) is 10.2 Å². The van der Waals surface area contributed by atoms with Gasteiger partial charge in [0.1, 0.15) is 5.75 Å². The molecule has 1 aliphatic heterocycles. The highest BCUT2D eigenvalue weighted by Crippen LogP contribution is 2.33. The number of hydrogen-bond donors (Lipinski definition) is 1. The molecule has 1 atom stereocenters. The van der Waals surface area contributed by atoms with Gasteiger partial charge in [0.05, 0.1) is 12.0 Å². The van der Waals surface area contributed by atoms with Crippen LogP contribution in [-0.2, 0) is 24.2 Å². The molecular weight excluding hydrogens is 372 g/mol. The second-order valence-electron chi connectivity index (χ2n) is 7.53. The zero-order valence-electron chi connectivity index (χ0n) is 16.2. The molecule has 0 saturated carbocycles. The Labute approximate surface area is 169 Å². The molecule has 28 heavy (non-hydrogen) atoms. The fourth-order valence-electron chi connectivity index (χ4n) is 4.10. The maximum Gasteiger partial charge on any atom is 0.263 e. The van der Waals surface area contributed by atoms with Crippen LogP contribution in [0.15, 0.2) is 30.3 Å². The van der Waals surface area contributed by atoms with Gasteiger partial charge < -0.3 is 15.0 Å². The van der Waals surface area contributed by atoms with Crippen LogP contribution >= 0.6 is 11.3 Å². The first-order valence-electron chi connectivity index (χ1n) is 9.96. The molecule has 1 fully saturated rings. The van der Waals surface area contributed by atoms with Crippen molar-refractivity contribution in [3.63, 3.8) is 0 Å². The SMILES string of the molecule is COc1ccccc1CNC(=O)C1CCc2sc(C(=O)N3CCCC3)cc2C1. The van der Waals surface area contributed by atoms with Crippen molar-refractivity contribution < 1.29 is 14.3 Å². The van der Waals surface area contributed by atoms with Gasteiger partial charge in [0.2, 0.25) is 5.91 Å². The van der Waals surface area contributed by atoms with Crippen molar-refractivity contribution in [3.05, 3.63) is 51.2 Å². The van der Waals surface area contributed by atoms with Gasteiger partial charge in [-0.2, -0.15) is 0 Å². The van der Waals surface area contributed by atoms with Crippen LogP contribution in [-0.4, -0.2) is 36.9 Å². The van der Waals surface area contributed by atoms with Crippen molar-refractivity contribution in [3.8, 4) is 5.75 Å². The van der Waals surface area contributed by atoms with Crippen LogP contribution < -0.4 is 10.1 Å². The zero-order valence-corrected chi connectivity index (χ0v) is 17.0. The molecule has 5 nitrogen and oxygen atoms in total. The number of thiophene rings is 1. The maximum atomic E-state index is 12.7. The minimum Gasteiger partial charge on any atom is -0.496 e. The van der Waals surface area contributed by atoms with E-state index in [4.69, 9.17) is 4.74 Å². The lowest BCUT2D eigenvalue weighted by molar-refractivity contribution is -0.125. The summed E-state index contributed by atoms with van der Waals surface area (Å²) < 4.78 is 5.35. The van der Waals surface area contributed by atoms with Crippen LogP contribution in [0.1, 0.15) is 44.9 Å². The number of hydrogen-bond acceptors (Lipinski definition) is 4. The first-order valence-corrected chi connectivity index (χ1v) is 10.8. The molecule has 1 aliphatic carbocycles. The minimum atomic E-state index is -0.0356. The monoisotopic (exact) mass is 398 g/mol. The molecule has 1 unspecified atom stereocenters. The van der Waals surface area contributed by atoms with Crippen LogP contribution in [0.25, 0.3) is 0 Å². The van der Waals surface area contributed by atoms with E-state index < -0.39 is 0 Å². The van der Waals surface area contributed by atoms with Crippen LogP contribution in [0.5, 0.6) is 5.75 Å². The average molecular weight is 399 g/mol. The van der Waals surface area contributed by atoms with Crippen molar-refractivity contribution in [1.29, 1.82) is 0 Å². The Hall–Kier alpha value is -2.34. The van der Waals surface area contributed by atoms with E-state index in [1.54, 1.807) is 18.4 Å². The van der Waals surface area contributed by atoms with E-state index in [1.165, 1.54) is 10.4 Å². The van der Waals surface area contributed by atoms with Crippen LogP contribution in [0.4, 0.5) is 0 Å². The summed E-state index contributed by atoms with van der Waals surface area (Å²) in [6.45, 7) is 2.21. The summed E-state index contributed by atoms with van der Waals surface area (Å²) in [5, 5.41) is 3.06. The molecule has 2 heterocycles. The van der Waals surface area contributed by atoms with Gasteiger partial charge in [0, 0.05) is 36.0 Å². The van der Waals surface area contributed by atoms with E-state index in [9.17, 15) is 9.59 Å². The standard InChI is InChI=1S/C22H26N2O3S/c1-27-18-7-3-2-6-16(18)14-23-21(25)15-8-9-19-17(12-15)13-20(28-19)22(26)24-10-4-5-11-24/h2-3,6-7,13,15H,4-5,8-12,14H2,1H3,(H,23,25). The Morgan fingerprint density at radius 3 is 2.82 bits per heavy atom. The predicted octanol–water partition coefficient (Wildman–Crippen LogP) is 3.41. The van der Waals surface area contributed by atoms with Crippen LogP contribution in [0.3, 0.4) is 0 Å². The van der Waals surface area contributed by atoms with Gasteiger partial charge in [-0.3, -0.25) is 9.59 Å². The van der Waals surface area contributed by atoms with E-state index in [-0.39, 0.29) is 17.7 Å². The molecule has 0 radical (unpaired) electrons. The van der Waals surface area contributed by atoms with Gasteiger partial charge >= 0.3 is 0 Å². The molecule has 1 aromatic heterocycles. The molecule has 0 bridgehead atoms. The molecule has 2 amide bonds. The summed E-state index contributed by atoms with van der Waals surface area (Å²) >= 11 is 1.62. The number of fused-ring (bicyclic) bond motifs is 1. The average Bonchev–Trinajstić information content (AvgIpc) is 3.40. The second-order valence-corrected chi connectivity index (χ2v) is 8.66. The number of methoxy groups -OCH3 is 1. The summed E-state index contributed by atoms with van der Waals surface area (Å²) in [6.07, 6.45) is 4.63. The van der Waals surface area contributed by atoms with Crippen molar-refractivity contribution in [2.75, 3.05) is 20.2 Å². The van der Waals surface area contributed by atoms with E-state index >= 15 is 0 Å². The Morgan fingerprint density at radius 1 is 1.25 bits per heavy atom. The third kappa shape index (κ3) is 3.92. The number of amides is 2. The number of carbonyl (C=O) groups excluding carboxylic acids is 2. The third-order valence-corrected chi connectivity index (χ3v) is 6.93. The minimum absolute atomic E-state index is 0.0356. The van der Waals surface area contributed by atoms with Crippen LogP contribution in [0, 0.1) is 5.92 Å². The number of aryl methyl sites for hydroxylation is 1. The lowest BCUT2D eigenvalue weighted by atomic mass is 9.87. The summed E-state index contributed by atoms with van der Waals surface area (Å²) in [4.78, 5) is 29.4. The second kappa shape index (κ2) is 8.35. The number of nitrogens with one attached hydrogen (secondary N) is 1. The Morgan fingerprint density at radius 2 is 2.04 bits per heavy atom. The summed E-state index contributed by atoms with van der Waals surface area (Å²) in [6, 6.07) is 9.76. The van der Waals surface area contributed by atoms with Gasteiger partial charge in [-0.15, -0.1) is 11.3 Å². The zero-order chi connectivity index (χ0) is 19.5. The molecule has 0 spiro atoms. The number of para-hydroxylation sites is 1. The molecule has 1 saturated heterocycles. The highest BCUT2D eigenvalue weighted by Gasteiger charge is 2.29. The number of likely N-dealkylation sites (tertiary alicyclic amines) is 1. The van der Waals surface area contributed by atoms with E-state index in [2.05, 4.69) is 5.32 Å². The first kappa shape index (κ1) is 19.0. The fourth-order valence-corrected chi connectivity index (χ4v) is 5.28. The molecule has 2 aliphatic rings. The number of rotatable bonds is 5. The van der Waals surface area contributed by atoms with E-state index in [0.717, 1.165) is 61.4 Å². The molecule has 148 valence electrons. The number of nitrogens with zero attached hydrogens (tertiary/aromatic N) is 1. The Kier molecular flexibility index (Phi) is 5.67. The van der Waals surface area contributed by atoms with Gasteiger partial charge in [0.25, 0.3) is 5.91 Å². The highest BCUT2D eigenvalue weighted by molar-refractivity contribution is 7.14. The molecule has 2 aromatic rings. The largest absolute Gasteiger partial charge is 0.496 e. The number of carbonyl (C=O) groups is 2. The quantitative estimate of drug-likeness (QED) is 0.840. The molecule has 1 aromatic carbocycles. The van der Waals surface area contributed by atoms with Crippen molar-refractivity contribution in [2.45, 2.75) is 38.6 Å². The van der Waals surface area contributed by atoms with Gasteiger partial charge in [-0.05, 0) is 49.8 Å². The molecule has 4 rings (SSSR count). The molecule has 6 heteroatoms. The Balaban J connectivity index is 1.38. The summed E-state index contributed by atoms with van der Waals surface area (Å²) in [5.41, 5.74) is 2.15. The van der Waals surface area contributed by atoms with Gasteiger partial charge in [0.15, 0.2) is 0 Å². The third-order valence-electron chi connectivity index (χ3n) is 5.70. The van der Waals surface area contributed by atoms with Gasteiger partial charge in [-0.25, -0.2) is 0 Å². The predicted molar refractivity (Wildman–Crippen MR) is 110 cm³/mol. The summed E-state index contributed by atoms with van der Waals surface area (Å²) in [7, 11) is 1.64. The molecule has 1 N–H and O–H groups in total. The highest BCUT2D eigenvalue weighted by atomic mass is 32.1. The van der Waals surface area contributed by atoms with E-state index in [1.807, 2.05) is 35.2 Å². The van der Waals surface area contributed by atoms with E-state index in [0.29, 0.717) is 6.54 Å². The van der Waals surface area contributed by atoms with Crippen LogP contribution in [0.2, 0.25) is 0 Å². The van der Waals surface area contributed by atoms with Crippen molar-refractivity contribution in [2.24, 2.45) is 5.92 Å². The van der Waals surface area contributed by atoms with Crippen molar-refractivity contribution >= 4 is 23.2 Å². The van der Waals surface area contributed by atoms with Gasteiger partial charge in [-0.1, -0.05) is 18.2 Å². The fraction of sp³-hybridized carbons (Fsp3) is 0.455. The lowest BCUT2D eigenvalue weighted by Crippen LogP contribution is -2.33. The maximum absolute atomic E-state index is 12.7. The first-order chi connectivity index (χ1) is 13.7. The Bertz CT molecular complexity index is 870. The number of benzene rings is 1. The normalized spacial score (nSPS) is 18.6. The number of ether oxygens (including phenoxy) is 1. The molecular formula is C22H26N2O3S. The lowest BCUT2D eigenvalue weighted by Gasteiger charge is -2.21. The topological polar surface area (TPSA) is 58.6 Å². The smallest absolute Gasteiger partial charge is 0.263 e. The summed E-state index contributed by atoms with van der Waals surface area (Å²) in [5.74, 6) is 0.993.